The molecule has 2 aromatic carbocycles. The van der Waals surface area contributed by atoms with E-state index in [-0.39, 0.29) is 11.6 Å². The standard InChI is InChI=1S/C16H11F2NS2/c17-13-7-5-11(6-8-13)15-10-21-16(19-15)20-9-12-3-1-2-4-14(12)18/h1-8,10H,9H2. The van der Waals surface area contributed by atoms with Gasteiger partial charge < -0.3 is 0 Å². The molecule has 0 aliphatic heterocycles. The molecule has 0 spiro atoms. The van der Waals surface area contributed by atoms with Crippen LogP contribution in [0.4, 0.5) is 8.78 Å². The SMILES string of the molecule is Fc1ccc(-c2csc(SCc3ccccc3F)n2)cc1. The van der Waals surface area contributed by atoms with Crippen LogP contribution < -0.4 is 0 Å². The third kappa shape index (κ3) is 3.49. The van der Waals surface area contributed by atoms with Crippen molar-refractivity contribution >= 4 is 23.1 Å². The molecule has 0 radical (unpaired) electrons. The highest BCUT2D eigenvalue weighted by molar-refractivity contribution is 8.00. The molecule has 0 aliphatic rings. The van der Waals surface area contributed by atoms with Gasteiger partial charge in [0.2, 0.25) is 0 Å². The molecular weight excluding hydrogens is 308 g/mol. The van der Waals surface area contributed by atoms with Crippen LogP contribution in [0.1, 0.15) is 5.56 Å². The second kappa shape index (κ2) is 6.37. The van der Waals surface area contributed by atoms with E-state index < -0.39 is 0 Å². The topological polar surface area (TPSA) is 12.9 Å². The molecule has 3 aromatic rings. The quantitative estimate of drug-likeness (QED) is 0.599. The van der Waals surface area contributed by atoms with E-state index in [0.717, 1.165) is 15.6 Å². The summed E-state index contributed by atoms with van der Waals surface area (Å²) >= 11 is 3.01. The minimum Gasteiger partial charge on any atom is -0.230 e. The first-order chi connectivity index (χ1) is 10.2. The normalized spacial score (nSPS) is 10.8. The van der Waals surface area contributed by atoms with Gasteiger partial charge in [-0.1, -0.05) is 30.0 Å². The van der Waals surface area contributed by atoms with Gasteiger partial charge in [0.05, 0.1) is 5.69 Å². The molecule has 0 unspecified atom stereocenters. The van der Waals surface area contributed by atoms with Crippen LogP contribution in [-0.4, -0.2) is 4.98 Å². The Hall–Kier alpha value is -1.72. The average molecular weight is 319 g/mol. The van der Waals surface area contributed by atoms with E-state index in [1.165, 1.54) is 41.3 Å². The molecule has 0 fully saturated rings. The smallest absolute Gasteiger partial charge is 0.150 e. The zero-order valence-electron chi connectivity index (χ0n) is 10.9. The monoisotopic (exact) mass is 319 g/mol. The Balaban J connectivity index is 1.71. The average Bonchev–Trinajstić information content (AvgIpc) is 2.96. The zero-order chi connectivity index (χ0) is 14.7. The fourth-order valence-corrected chi connectivity index (χ4v) is 3.65. The maximum absolute atomic E-state index is 13.5. The molecule has 0 N–H and O–H groups in total. The molecule has 1 nitrogen and oxygen atoms in total. The Morgan fingerprint density at radius 3 is 2.52 bits per heavy atom. The lowest BCUT2D eigenvalue weighted by atomic mass is 10.2. The summed E-state index contributed by atoms with van der Waals surface area (Å²) in [7, 11) is 0. The van der Waals surface area contributed by atoms with Gasteiger partial charge in [0, 0.05) is 16.7 Å². The highest BCUT2D eigenvalue weighted by Gasteiger charge is 2.07. The second-order valence-electron chi connectivity index (χ2n) is 4.39. The van der Waals surface area contributed by atoms with Crippen molar-refractivity contribution < 1.29 is 8.78 Å². The molecule has 0 aliphatic carbocycles. The Morgan fingerprint density at radius 1 is 1.00 bits per heavy atom. The van der Waals surface area contributed by atoms with Crippen LogP contribution >= 0.6 is 23.1 Å². The van der Waals surface area contributed by atoms with Crippen LogP contribution in [0.25, 0.3) is 11.3 Å². The fraction of sp³-hybridized carbons (Fsp3) is 0.0625. The Bertz CT molecular complexity index is 738. The second-order valence-corrected chi connectivity index (χ2v) is 6.47. The predicted molar refractivity (Wildman–Crippen MR) is 83.5 cm³/mol. The molecule has 3 rings (SSSR count). The highest BCUT2D eigenvalue weighted by atomic mass is 32.2. The van der Waals surface area contributed by atoms with Crippen LogP contribution in [0.5, 0.6) is 0 Å². The number of halogens is 2. The lowest BCUT2D eigenvalue weighted by Crippen LogP contribution is -1.86. The van der Waals surface area contributed by atoms with Crippen LogP contribution in [0.2, 0.25) is 0 Å². The summed E-state index contributed by atoms with van der Waals surface area (Å²) in [5.41, 5.74) is 2.36. The van der Waals surface area contributed by atoms with Crippen molar-refractivity contribution in [3.05, 3.63) is 71.1 Å². The molecular formula is C16H11F2NS2. The van der Waals surface area contributed by atoms with Gasteiger partial charge in [-0.05, 0) is 35.9 Å². The molecule has 21 heavy (non-hydrogen) atoms. The third-order valence-corrected chi connectivity index (χ3v) is 5.00. The van der Waals surface area contributed by atoms with Crippen molar-refractivity contribution in [1.82, 2.24) is 4.98 Å². The van der Waals surface area contributed by atoms with E-state index in [9.17, 15) is 8.78 Å². The molecule has 5 heteroatoms. The summed E-state index contributed by atoms with van der Waals surface area (Å²) in [6, 6.07) is 13.0. The number of nitrogens with zero attached hydrogens (tertiary/aromatic N) is 1. The van der Waals surface area contributed by atoms with E-state index in [0.29, 0.717) is 11.3 Å². The van der Waals surface area contributed by atoms with Gasteiger partial charge in [-0.15, -0.1) is 11.3 Å². The van der Waals surface area contributed by atoms with Crippen molar-refractivity contribution in [3.63, 3.8) is 0 Å². The molecule has 0 bridgehead atoms. The third-order valence-electron chi connectivity index (χ3n) is 2.93. The van der Waals surface area contributed by atoms with Gasteiger partial charge in [-0.3, -0.25) is 0 Å². The Kier molecular flexibility index (Phi) is 4.31. The van der Waals surface area contributed by atoms with Gasteiger partial charge in [0.15, 0.2) is 4.34 Å². The lowest BCUT2D eigenvalue weighted by Gasteiger charge is -2.00. The summed E-state index contributed by atoms with van der Waals surface area (Å²) in [5, 5.41) is 1.93. The van der Waals surface area contributed by atoms with Gasteiger partial charge in [0.25, 0.3) is 0 Å². The predicted octanol–water partition coefficient (Wildman–Crippen LogP) is 5.38. The van der Waals surface area contributed by atoms with E-state index >= 15 is 0 Å². The van der Waals surface area contributed by atoms with Gasteiger partial charge >= 0.3 is 0 Å². The van der Waals surface area contributed by atoms with Crippen LogP contribution in [-0.2, 0) is 5.75 Å². The first kappa shape index (κ1) is 14.2. The van der Waals surface area contributed by atoms with Crippen molar-refractivity contribution in [3.8, 4) is 11.3 Å². The van der Waals surface area contributed by atoms with Gasteiger partial charge in [-0.2, -0.15) is 0 Å². The first-order valence-electron chi connectivity index (χ1n) is 6.30. The van der Waals surface area contributed by atoms with Crippen LogP contribution in [0.15, 0.2) is 58.3 Å². The number of rotatable bonds is 4. The summed E-state index contributed by atoms with van der Waals surface area (Å²) in [6.45, 7) is 0. The van der Waals surface area contributed by atoms with Crippen molar-refractivity contribution in [2.24, 2.45) is 0 Å². The molecule has 106 valence electrons. The molecule has 0 atom stereocenters. The first-order valence-corrected chi connectivity index (χ1v) is 8.16. The van der Waals surface area contributed by atoms with Crippen molar-refractivity contribution in [2.75, 3.05) is 0 Å². The summed E-state index contributed by atoms with van der Waals surface area (Å²) in [4.78, 5) is 4.49. The minimum atomic E-state index is -0.261. The largest absolute Gasteiger partial charge is 0.230 e. The van der Waals surface area contributed by atoms with E-state index in [1.807, 2.05) is 11.4 Å². The van der Waals surface area contributed by atoms with Gasteiger partial charge in [0.1, 0.15) is 11.6 Å². The lowest BCUT2D eigenvalue weighted by molar-refractivity contribution is 0.617. The molecule has 0 saturated carbocycles. The maximum Gasteiger partial charge on any atom is 0.150 e. The van der Waals surface area contributed by atoms with E-state index in [2.05, 4.69) is 4.98 Å². The number of hydrogen-bond donors (Lipinski definition) is 0. The van der Waals surface area contributed by atoms with Crippen molar-refractivity contribution in [2.45, 2.75) is 10.1 Å². The maximum atomic E-state index is 13.5. The molecule has 0 amide bonds. The Morgan fingerprint density at radius 2 is 1.76 bits per heavy atom. The summed E-state index contributed by atoms with van der Waals surface area (Å²) < 4.78 is 27.3. The van der Waals surface area contributed by atoms with E-state index in [1.54, 1.807) is 24.3 Å². The number of thioether (sulfide) groups is 1. The number of thiazole rings is 1. The zero-order valence-corrected chi connectivity index (χ0v) is 12.6. The minimum absolute atomic E-state index is 0.194. The fourth-order valence-electron chi connectivity index (χ4n) is 1.83. The molecule has 1 heterocycles. The summed E-state index contributed by atoms with van der Waals surface area (Å²) in [6.07, 6.45) is 0. The number of benzene rings is 2. The van der Waals surface area contributed by atoms with Crippen molar-refractivity contribution in [1.29, 1.82) is 0 Å². The van der Waals surface area contributed by atoms with Gasteiger partial charge in [-0.25, -0.2) is 13.8 Å². The van der Waals surface area contributed by atoms with Crippen LogP contribution in [0.3, 0.4) is 0 Å². The Labute approximate surface area is 129 Å². The molecule has 1 aromatic heterocycles. The van der Waals surface area contributed by atoms with E-state index in [4.69, 9.17) is 0 Å². The highest BCUT2D eigenvalue weighted by Crippen LogP contribution is 2.30. The molecule has 0 saturated heterocycles. The van der Waals surface area contributed by atoms with Crippen LogP contribution in [0, 0.1) is 11.6 Å². The number of aromatic nitrogens is 1. The summed E-state index contributed by atoms with van der Waals surface area (Å²) in [5.74, 6) is 0.0895. The number of hydrogen-bond acceptors (Lipinski definition) is 3.